The summed E-state index contributed by atoms with van der Waals surface area (Å²) in [5.41, 5.74) is 0.610. The monoisotopic (exact) mass is 325 g/mol. The lowest BCUT2D eigenvalue weighted by molar-refractivity contribution is -0.136. The van der Waals surface area contributed by atoms with Crippen LogP contribution in [0, 0.1) is 0 Å². The van der Waals surface area contributed by atoms with Crippen molar-refractivity contribution >= 4 is 29.3 Å². The number of nitrogens with one attached hydrogen (secondary N) is 1. The van der Waals surface area contributed by atoms with Gasteiger partial charge in [-0.05, 0) is 18.6 Å². The predicted octanol–water partition coefficient (Wildman–Crippen LogP) is 1.97. The highest BCUT2D eigenvalue weighted by atomic mass is 35.5. The number of hydrogen-bond donors (Lipinski definition) is 2. The van der Waals surface area contributed by atoms with Crippen LogP contribution in [0.15, 0.2) is 34.2 Å². The van der Waals surface area contributed by atoms with E-state index in [4.69, 9.17) is 16.7 Å². The lowest BCUT2D eigenvalue weighted by Gasteiger charge is -2.05. The van der Waals surface area contributed by atoms with Crippen molar-refractivity contribution in [3.63, 3.8) is 0 Å². The molecule has 1 aromatic carbocycles. The van der Waals surface area contributed by atoms with E-state index in [9.17, 15) is 9.59 Å². The maximum Gasteiger partial charge on any atom is 0.316 e. The highest BCUT2D eigenvalue weighted by Gasteiger charge is 2.15. The summed E-state index contributed by atoms with van der Waals surface area (Å²) in [7, 11) is 0. The van der Waals surface area contributed by atoms with E-state index in [0.717, 1.165) is 17.3 Å². The summed E-state index contributed by atoms with van der Waals surface area (Å²) in [6.07, 6.45) is 0.265. The summed E-state index contributed by atoms with van der Waals surface area (Å²) < 4.78 is 0. The van der Waals surface area contributed by atoms with E-state index in [0.29, 0.717) is 5.02 Å². The highest BCUT2D eigenvalue weighted by molar-refractivity contribution is 8.00. The minimum atomic E-state index is -0.984. The minimum absolute atomic E-state index is 0.179. The third-order valence-electron chi connectivity index (χ3n) is 2.70. The van der Waals surface area contributed by atoms with E-state index >= 15 is 0 Å². The molecule has 2 N–H and O–H groups in total. The molecule has 0 aliphatic heterocycles. The number of halogens is 1. The third-order valence-corrected chi connectivity index (χ3v) is 4.03. The number of carbonyl (C=O) groups is 1. The van der Waals surface area contributed by atoms with Gasteiger partial charge >= 0.3 is 5.97 Å². The second-order valence-corrected chi connectivity index (χ2v) is 6.01. The predicted molar refractivity (Wildman–Crippen MR) is 79.9 cm³/mol. The normalized spacial score (nSPS) is 12.1. The smallest absolute Gasteiger partial charge is 0.316 e. The topological polar surface area (TPSA) is 95.9 Å². The SMILES string of the molecule is CC(Sc1nnc(Cc2ccccc2Cl)c(=O)[nH]1)C(=O)O. The Balaban J connectivity index is 2.18. The lowest BCUT2D eigenvalue weighted by Crippen LogP contribution is -2.20. The molecule has 0 fully saturated rings. The molecule has 0 aliphatic rings. The van der Waals surface area contributed by atoms with Crippen LogP contribution in [0.5, 0.6) is 0 Å². The van der Waals surface area contributed by atoms with Gasteiger partial charge in [-0.3, -0.25) is 14.6 Å². The Morgan fingerprint density at radius 2 is 2.14 bits per heavy atom. The number of aromatic nitrogens is 3. The number of thioether (sulfide) groups is 1. The fourth-order valence-electron chi connectivity index (χ4n) is 1.55. The molecule has 0 amide bonds. The summed E-state index contributed by atoms with van der Waals surface area (Å²) in [6.45, 7) is 1.50. The van der Waals surface area contributed by atoms with E-state index < -0.39 is 16.8 Å². The molecule has 1 unspecified atom stereocenters. The van der Waals surface area contributed by atoms with Gasteiger partial charge in [0.25, 0.3) is 5.56 Å². The summed E-state index contributed by atoms with van der Waals surface area (Å²) in [4.78, 5) is 25.2. The lowest BCUT2D eigenvalue weighted by atomic mass is 10.1. The Labute approximate surface area is 129 Å². The van der Waals surface area contributed by atoms with Crippen LogP contribution in [-0.2, 0) is 11.2 Å². The Hall–Kier alpha value is -1.86. The average Bonchev–Trinajstić information content (AvgIpc) is 2.44. The van der Waals surface area contributed by atoms with Gasteiger partial charge in [0.05, 0.1) is 0 Å². The second kappa shape index (κ2) is 6.73. The van der Waals surface area contributed by atoms with Crippen molar-refractivity contribution in [3.05, 3.63) is 50.9 Å². The Morgan fingerprint density at radius 1 is 1.43 bits per heavy atom. The summed E-state index contributed by atoms with van der Waals surface area (Å²) in [6, 6.07) is 7.16. The molecule has 0 spiro atoms. The maximum absolute atomic E-state index is 11.9. The first-order chi connectivity index (χ1) is 9.97. The molecule has 21 heavy (non-hydrogen) atoms. The van der Waals surface area contributed by atoms with Crippen LogP contribution in [0.25, 0.3) is 0 Å². The second-order valence-electron chi connectivity index (χ2n) is 4.27. The summed E-state index contributed by atoms with van der Waals surface area (Å²) in [5, 5.41) is 16.5. The first-order valence-corrected chi connectivity index (χ1v) is 7.32. The quantitative estimate of drug-likeness (QED) is 0.816. The zero-order valence-electron chi connectivity index (χ0n) is 11.0. The molecule has 110 valence electrons. The fourth-order valence-corrected chi connectivity index (χ4v) is 2.43. The number of nitrogens with zero attached hydrogens (tertiary/aromatic N) is 2. The van der Waals surface area contributed by atoms with Crippen molar-refractivity contribution in [1.29, 1.82) is 0 Å². The number of aromatic amines is 1. The largest absolute Gasteiger partial charge is 0.480 e. The van der Waals surface area contributed by atoms with Gasteiger partial charge in [0.2, 0.25) is 0 Å². The number of benzene rings is 1. The van der Waals surface area contributed by atoms with Gasteiger partial charge < -0.3 is 5.11 Å². The standard InChI is InChI=1S/C13H12ClN3O3S/c1-7(12(19)20)21-13-15-11(18)10(16-17-13)6-8-4-2-3-5-9(8)14/h2-5,7H,6H2,1H3,(H,19,20)(H,15,17,18). The van der Waals surface area contributed by atoms with E-state index in [1.807, 2.05) is 6.07 Å². The molecule has 1 heterocycles. The zero-order valence-corrected chi connectivity index (χ0v) is 12.6. The number of rotatable bonds is 5. The fraction of sp³-hybridized carbons (Fsp3) is 0.231. The zero-order chi connectivity index (χ0) is 15.4. The van der Waals surface area contributed by atoms with Gasteiger partial charge in [0.15, 0.2) is 5.16 Å². The molecule has 2 rings (SSSR count). The molecule has 6 nitrogen and oxygen atoms in total. The van der Waals surface area contributed by atoms with Crippen LogP contribution in [0.3, 0.4) is 0 Å². The van der Waals surface area contributed by atoms with Gasteiger partial charge in [-0.15, -0.1) is 10.2 Å². The summed E-state index contributed by atoms with van der Waals surface area (Å²) >= 11 is 6.96. The molecule has 0 aliphatic carbocycles. The van der Waals surface area contributed by atoms with E-state index in [1.165, 1.54) is 6.92 Å². The molecule has 0 radical (unpaired) electrons. The van der Waals surface area contributed by atoms with Crippen molar-refractivity contribution in [1.82, 2.24) is 15.2 Å². The Morgan fingerprint density at radius 3 is 2.76 bits per heavy atom. The molecular formula is C13H12ClN3O3S. The number of carboxylic acids is 1. The van der Waals surface area contributed by atoms with E-state index in [2.05, 4.69) is 15.2 Å². The molecule has 0 saturated carbocycles. The highest BCUT2D eigenvalue weighted by Crippen LogP contribution is 2.19. The van der Waals surface area contributed by atoms with Crippen LogP contribution in [0.4, 0.5) is 0 Å². The van der Waals surface area contributed by atoms with Crippen LogP contribution < -0.4 is 5.56 Å². The average molecular weight is 326 g/mol. The van der Waals surface area contributed by atoms with Gasteiger partial charge in [-0.2, -0.15) is 0 Å². The van der Waals surface area contributed by atoms with Gasteiger partial charge in [-0.25, -0.2) is 0 Å². The number of hydrogen-bond acceptors (Lipinski definition) is 5. The third kappa shape index (κ3) is 4.05. The van der Waals surface area contributed by atoms with E-state index in [-0.39, 0.29) is 17.3 Å². The Kier molecular flexibility index (Phi) is 4.98. The molecular weight excluding hydrogens is 314 g/mol. The molecule has 0 bridgehead atoms. The van der Waals surface area contributed by atoms with Gasteiger partial charge in [0.1, 0.15) is 10.9 Å². The van der Waals surface area contributed by atoms with Gasteiger partial charge in [0, 0.05) is 11.4 Å². The molecule has 0 saturated heterocycles. The number of H-pyrrole nitrogens is 1. The number of aliphatic carboxylic acids is 1. The molecule has 2 aromatic rings. The van der Waals surface area contributed by atoms with E-state index in [1.54, 1.807) is 18.2 Å². The van der Waals surface area contributed by atoms with Crippen molar-refractivity contribution in [2.45, 2.75) is 23.8 Å². The van der Waals surface area contributed by atoms with Crippen molar-refractivity contribution in [2.24, 2.45) is 0 Å². The van der Waals surface area contributed by atoms with Crippen LogP contribution >= 0.6 is 23.4 Å². The van der Waals surface area contributed by atoms with Crippen LogP contribution in [0.2, 0.25) is 5.02 Å². The first-order valence-electron chi connectivity index (χ1n) is 6.06. The molecule has 8 heteroatoms. The first kappa shape index (κ1) is 15.5. The minimum Gasteiger partial charge on any atom is -0.480 e. The maximum atomic E-state index is 11.9. The van der Waals surface area contributed by atoms with Crippen LogP contribution in [-0.4, -0.2) is 31.5 Å². The molecule has 1 aromatic heterocycles. The summed E-state index contributed by atoms with van der Waals surface area (Å²) in [5.74, 6) is -0.984. The van der Waals surface area contributed by atoms with Crippen LogP contribution in [0.1, 0.15) is 18.2 Å². The number of carboxylic acid groups (broad SMARTS) is 1. The van der Waals surface area contributed by atoms with Crippen molar-refractivity contribution < 1.29 is 9.90 Å². The van der Waals surface area contributed by atoms with Crippen molar-refractivity contribution in [3.8, 4) is 0 Å². The Bertz CT molecular complexity index is 720. The van der Waals surface area contributed by atoms with Crippen molar-refractivity contribution in [2.75, 3.05) is 0 Å². The van der Waals surface area contributed by atoms with Gasteiger partial charge in [-0.1, -0.05) is 41.6 Å². The molecule has 1 atom stereocenters.